The molecule has 1 heterocycles. The minimum Gasteiger partial charge on any atom is -0.315 e. The topological polar surface area (TPSA) is 49.4 Å². The molecule has 1 rings (SSSR count). The SMILES string of the molecule is CN(C)CCCNCC1CCCCS1(=O)=O. The highest BCUT2D eigenvalue weighted by Gasteiger charge is 2.27. The molecule has 0 spiro atoms. The van der Waals surface area contributed by atoms with Crippen molar-refractivity contribution in [1.82, 2.24) is 10.2 Å². The Kier molecular flexibility index (Phi) is 5.72. The summed E-state index contributed by atoms with van der Waals surface area (Å²) in [5.74, 6) is 0.386. The maximum atomic E-state index is 11.7. The highest BCUT2D eigenvalue weighted by atomic mass is 32.2. The first-order valence-electron chi connectivity index (χ1n) is 6.09. The van der Waals surface area contributed by atoms with Gasteiger partial charge in [0.2, 0.25) is 0 Å². The van der Waals surface area contributed by atoms with Crippen LogP contribution in [0.1, 0.15) is 25.7 Å². The lowest BCUT2D eigenvalue weighted by atomic mass is 10.2. The smallest absolute Gasteiger partial charge is 0.154 e. The van der Waals surface area contributed by atoms with Gasteiger partial charge >= 0.3 is 0 Å². The minimum absolute atomic E-state index is 0.138. The van der Waals surface area contributed by atoms with Crippen LogP contribution in [0.3, 0.4) is 0 Å². The fourth-order valence-electron chi connectivity index (χ4n) is 2.03. The van der Waals surface area contributed by atoms with E-state index in [1.807, 2.05) is 14.1 Å². The average Bonchev–Trinajstić information content (AvgIpc) is 2.19. The Morgan fingerprint density at radius 2 is 2.06 bits per heavy atom. The Labute approximate surface area is 99.3 Å². The molecule has 0 aromatic rings. The third-order valence-electron chi connectivity index (χ3n) is 3.04. The second-order valence-corrected chi connectivity index (χ2v) is 7.25. The summed E-state index contributed by atoms with van der Waals surface area (Å²) < 4.78 is 23.4. The third-order valence-corrected chi connectivity index (χ3v) is 5.32. The van der Waals surface area contributed by atoms with Crippen molar-refractivity contribution in [3.63, 3.8) is 0 Å². The molecule has 16 heavy (non-hydrogen) atoms. The molecule has 1 aliphatic rings. The largest absolute Gasteiger partial charge is 0.315 e. The molecular weight excluding hydrogens is 224 g/mol. The third kappa shape index (κ3) is 4.80. The molecular formula is C11H24N2O2S. The molecule has 0 radical (unpaired) electrons. The van der Waals surface area contributed by atoms with Gasteiger partial charge in [0.15, 0.2) is 9.84 Å². The van der Waals surface area contributed by atoms with Crippen LogP contribution in [0.5, 0.6) is 0 Å². The maximum absolute atomic E-state index is 11.7. The first-order valence-corrected chi connectivity index (χ1v) is 7.81. The van der Waals surface area contributed by atoms with E-state index < -0.39 is 9.84 Å². The summed E-state index contributed by atoms with van der Waals surface area (Å²) in [6.07, 6.45) is 3.81. The standard InChI is InChI=1S/C11H24N2O2S/c1-13(2)8-5-7-12-10-11-6-3-4-9-16(11,14)15/h11-12H,3-10H2,1-2H3. The molecule has 1 saturated heterocycles. The average molecular weight is 248 g/mol. The Hall–Kier alpha value is -0.130. The molecule has 5 heteroatoms. The highest BCUT2D eigenvalue weighted by molar-refractivity contribution is 7.92. The van der Waals surface area contributed by atoms with Gasteiger partial charge in [-0.05, 0) is 46.4 Å². The van der Waals surface area contributed by atoms with Gasteiger partial charge in [-0.2, -0.15) is 0 Å². The van der Waals surface area contributed by atoms with Crippen LogP contribution in [-0.2, 0) is 9.84 Å². The number of rotatable bonds is 6. The number of nitrogens with one attached hydrogen (secondary N) is 1. The van der Waals surface area contributed by atoms with Gasteiger partial charge in [-0.3, -0.25) is 0 Å². The highest BCUT2D eigenvalue weighted by Crippen LogP contribution is 2.18. The lowest BCUT2D eigenvalue weighted by molar-refractivity contribution is 0.393. The number of hydrogen-bond donors (Lipinski definition) is 1. The molecule has 1 unspecified atom stereocenters. The molecule has 4 nitrogen and oxygen atoms in total. The summed E-state index contributed by atoms with van der Waals surface area (Å²) in [7, 11) is 1.29. The summed E-state index contributed by atoms with van der Waals surface area (Å²) in [6, 6.07) is 0. The van der Waals surface area contributed by atoms with Crippen molar-refractivity contribution in [2.75, 3.05) is 39.5 Å². The molecule has 1 atom stereocenters. The van der Waals surface area contributed by atoms with Gasteiger partial charge in [-0.25, -0.2) is 8.42 Å². The van der Waals surface area contributed by atoms with E-state index in [1.54, 1.807) is 0 Å². The minimum atomic E-state index is -2.80. The van der Waals surface area contributed by atoms with Crippen LogP contribution in [0.25, 0.3) is 0 Å². The van der Waals surface area contributed by atoms with Gasteiger partial charge in [0.1, 0.15) is 0 Å². The zero-order chi connectivity index (χ0) is 12.0. The van der Waals surface area contributed by atoms with Crippen molar-refractivity contribution in [1.29, 1.82) is 0 Å². The van der Waals surface area contributed by atoms with Gasteiger partial charge in [-0.15, -0.1) is 0 Å². The van der Waals surface area contributed by atoms with Gasteiger partial charge in [0.25, 0.3) is 0 Å². The van der Waals surface area contributed by atoms with Crippen LogP contribution in [0.15, 0.2) is 0 Å². The summed E-state index contributed by atoms with van der Waals surface area (Å²) in [6.45, 7) is 2.59. The molecule has 0 amide bonds. The predicted octanol–water partition coefficient (Wildman–Crippen LogP) is 0.495. The number of nitrogens with zero attached hydrogens (tertiary/aromatic N) is 1. The van der Waals surface area contributed by atoms with Crippen LogP contribution in [0.2, 0.25) is 0 Å². The van der Waals surface area contributed by atoms with E-state index in [9.17, 15) is 8.42 Å². The van der Waals surface area contributed by atoms with Crippen LogP contribution >= 0.6 is 0 Å². The van der Waals surface area contributed by atoms with E-state index in [4.69, 9.17) is 0 Å². The van der Waals surface area contributed by atoms with Crippen LogP contribution < -0.4 is 5.32 Å². The number of hydrogen-bond acceptors (Lipinski definition) is 4. The van der Waals surface area contributed by atoms with Crippen molar-refractivity contribution in [3.8, 4) is 0 Å². The second-order valence-electron chi connectivity index (χ2n) is 4.85. The van der Waals surface area contributed by atoms with Crippen molar-refractivity contribution in [2.45, 2.75) is 30.9 Å². The summed E-state index contributed by atoms with van der Waals surface area (Å²) >= 11 is 0. The number of sulfone groups is 1. The van der Waals surface area contributed by atoms with Crippen LogP contribution in [0.4, 0.5) is 0 Å². The van der Waals surface area contributed by atoms with Gasteiger partial charge in [-0.1, -0.05) is 6.42 Å². The van der Waals surface area contributed by atoms with E-state index in [0.29, 0.717) is 12.3 Å². The van der Waals surface area contributed by atoms with Crippen molar-refractivity contribution in [3.05, 3.63) is 0 Å². The summed E-state index contributed by atoms with van der Waals surface area (Å²) in [5.41, 5.74) is 0. The van der Waals surface area contributed by atoms with E-state index in [0.717, 1.165) is 38.8 Å². The molecule has 0 saturated carbocycles. The van der Waals surface area contributed by atoms with E-state index in [2.05, 4.69) is 10.2 Å². The normalized spacial score (nSPS) is 24.8. The Morgan fingerprint density at radius 1 is 1.31 bits per heavy atom. The van der Waals surface area contributed by atoms with Gasteiger partial charge in [0, 0.05) is 6.54 Å². The van der Waals surface area contributed by atoms with Gasteiger partial charge in [0.05, 0.1) is 11.0 Å². The molecule has 1 N–H and O–H groups in total. The first kappa shape index (κ1) is 13.9. The summed E-state index contributed by atoms with van der Waals surface area (Å²) in [5, 5.41) is 3.12. The fourth-order valence-corrected chi connectivity index (χ4v) is 3.87. The summed E-state index contributed by atoms with van der Waals surface area (Å²) in [4.78, 5) is 2.14. The molecule has 0 bridgehead atoms. The van der Waals surface area contributed by atoms with Crippen LogP contribution in [0, 0.1) is 0 Å². The van der Waals surface area contributed by atoms with Crippen molar-refractivity contribution < 1.29 is 8.42 Å². The predicted molar refractivity (Wildman–Crippen MR) is 67.5 cm³/mol. The zero-order valence-electron chi connectivity index (χ0n) is 10.4. The molecule has 96 valence electrons. The van der Waals surface area contributed by atoms with Gasteiger partial charge < -0.3 is 10.2 Å². The van der Waals surface area contributed by atoms with E-state index in [-0.39, 0.29) is 5.25 Å². The molecule has 0 aromatic carbocycles. The molecule has 0 aromatic heterocycles. The molecule has 0 aliphatic carbocycles. The van der Waals surface area contributed by atoms with E-state index in [1.165, 1.54) is 0 Å². The first-order chi connectivity index (χ1) is 7.52. The Balaban J connectivity index is 2.17. The fraction of sp³-hybridized carbons (Fsp3) is 1.00. The quantitative estimate of drug-likeness (QED) is 0.695. The zero-order valence-corrected chi connectivity index (χ0v) is 11.2. The Morgan fingerprint density at radius 3 is 2.69 bits per heavy atom. The van der Waals surface area contributed by atoms with Crippen molar-refractivity contribution >= 4 is 9.84 Å². The van der Waals surface area contributed by atoms with E-state index >= 15 is 0 Å². The van der Waals surface area contributed by atoms with Crippen molar-refractivity contribution in [2.24, 2.45) is 0 Å². The molecule has 1 aliphatic heterocycles. The monoisotopic (exact) mass is 248 g/mol. The second kappa shape index (κ2) is 6.57. The van der Waals surface area contributed by atoms with Crippen LogP contribution in [-0.4, -0.2) is 58.1 Å². The maximum Gasteiger partial charge on any atom is 0.154 e. The lowest BCUT2D eigenvalue weighted by Gasteiger charge is -2.22. The Bertz CT molecular complexity index is 288. The lowest BCUT2D eigenvalue weighted by Crippen LogP contribution is -2.38. The molecule has 1 fully saturated rings.